The summed E-state index contributed by atoms with van der Waals surface area (Å²) >= 11 is 11.0. The highest BCUT2D eigenvalue weighted by atomic mass is 35.5. The third-order valence-corrected chi connectivity index (χ3v) is 3.01. The maximum Gasteiger partial charge on any atom is 0.269 e. The minimum Gasteiger partial charge on any atom is -0.299 e. The molecule has 2 rings (SSSR count). The first-order valence-electron chi connectivity index (χ1n) is 5.58. The summed E-state index contributed by atoms with van der Waals surface area (Å²) < 4.78 is 0. The molecule has 0 unspecified atom stereocenters. The van der Waals surface area contributed by atoms with Crippen LogP contribution in [-0.4, -0.2) is 31.2 Å². The van der Waals surface area contributed by atoms with Crippen molar-refractivity contribution in [3.8, 4) is 0 Å². The quantitative estimate of drug-likeness (QED) is 0.813. The Bertz CT molecular complexity index is 671. The Hall–Kier alpha value is -2.06. The number of benzene rings is 1. The van der Waals surface area contributed by atoms with Crippen LogP contribution >= 0.6 is 23.8 Å². The van der Waals surface area contributed by atoms with E-state index in [0.717, 1.165) is 5.56 Å². The lowest BCUT2D eigenvalue weighted by Gasteiger charge is -2.07. The van der Waals surface area contributed by atoms with E-state index in [2.05, 4.69) is 26.0 Å². The SMILES string of the molecule is Cc1ccc(C(=O)NC(=S)Nc2nnn(C)n2)cc1Cl. The average Bonchev–Trinajstić information content (AvgIpc) is 2.77. The van der Waals surface area contributed by atoms with Crippen molar-refractivity contribution in [3.05, 3.63) is 34.3 Å². The zero-order valence-electron chi connectivity index (χ0n) is 10.7. The van der Waals surface area contributed by atoms with Crippen LogP contribution in [0.1, 0.15) is 15.9 Å². The summed E-state index contributed by atoms with van der Waals surface area (Å²) in [5, 5.41) is 17.0. The fraction of sp³-hybridized carbons (Fsp3) is 0.182. The van der Waals surface area contributed by atoms with Crippen molar-refractivity contribution in [2.45, 2.75) is 6.92 Å². The number of aryl methyl sites for hydroxylation is 2. The Balaban J connectivity index is 2.00. The number of nitrogens with one attached hydrogen (secondary N) is 2. The van der Waals surface area contributed by atoms with E-state index in [9.17, 15) is 4.79 Å². The highest BCUT2D eigenvalue weighted by molar-refractivity contribution is 7.80. The summed E-state index contributed by atoms with van der Waals surface area (Å²) in [4.78, 5) is 13.2. The molecule has 0 fully saturated rings. The average molecular weight is 311 g/mol. The van der Waals surface area contributed by atoms with E-state index >= 15 is 0 Å². The molecule has 0 saturated heterocycles. The molecule has 9 heteroatoms. The number of carbonyl (C=O) groups excluding carboxylic acids is 1. The summed E-state index contributed by atoms with van der Waals surface area (Å²) in [6, 6.07) is 5.01. The molecule has 0 aliphatic heterocycles. The molecular formula is C11H11ClN6OS. The minimum atomic E-state index is -0.367. The third kappa shape index (κ3) is 3.49. The van der Waals surface area contributed by atoms with Crippen molar-refractivity contribution in [1.82, 2.24) is 25.5 Å². The summed E-state index contributed by atoms with van der Waals surface area (Å²) in [7, 11) is 1.62. The Morgan fingerprint density at radius 1 is 1.45 bits per heavy atom. The standard InChI is InChI=1S/C11H11ClN6OS/c1-6-3-4-7(5-8(6)12)9(19)13-11(20)14-10-15-17-18(2)16-10/h3-5H,1-2H3,(H2,13,14,16,19,20). The number of halogens is 1. The molecule has 0 atom stereocenters. The van der Waals surface area contributed by atoms with Gasteiger partial charge in [0.15, 0.2) is 5.11 Å². The fourth-order valence-electron chi connectivity index (χ4n) is 1.38. The van der Waals surface area contributed by atoms with Crippen molar-refractivity contribution < 1.29 is 4.79 Å². The zero-order chi connectivity index (χ0) is 14.7. The predicted molar refractivity (Wildman–Crippen MR) is 78.7 cm³/mol. The smallest absolute Gasteiger partial charge is 0.269 e. The molecule has 1 aromatic carbocycles. The van der Waals surface area contributed by atoms with E-state index in [1.807, 2.05) is 6.92 Å². The van der Waals surface area contributed by atoms with Crippen LogP contribution in [-0.2, 0) is 7.05 Å². The van der Waals surface area contributed by atoms with Crippen molar-refractivity contribution in [3.63, 3.8) is 0 Å². The van der Waals surface area contributed by atoms with Gasteiger partial charge in [0.25, 0.3) is 11.9 Å². The van der Waals surface area contributed by atoms with Crippen LogP contribution in [0, 0.1) is 6.92 Å². The maximum absolute atomic E-state index is 12.0. The monoisotopic (exact) mass is 310 g/mol. The Kier molecular flexibility index (Phi) is 4.26. The largest absolute Gasteiger partial charge is 0.299 e. The normalized spacial score (nSPS) is 10.2. The lowest BCUT2D eigenvalue weighted by atomic mass is 10.1. The molecule has 104 valence electrons. The molecule has 0 bridgehead atoms. The second-order valence-corrected chi connectivity index (χ2v) is 4.79. The fourth-order valence-corrected chi connectivity index (χ4v) is 1.74. The Morgan fingerprint density at radius 2 is 2.20 bits per heavy atom. The van der Waals surface area contributed by atoms with E-state index in [0.29, 0.717) is 10.6 Å². The van der Waals surface area contributed by atoms with E-state index in [-0.39, 0.29) is 17.0 Å². The first kappa shape index (κ1) is 14.4. The molecule has 0 radical (unpaired) electrons. The van der Waals surface area contributed by atoms with Crippen molar-refractivity contribution in [2.24, 2.45) is 7.05 Å². The van der Waals surface area contributed by atoms with Crippen LogP contribution in [0.4, 0.5) is 5.95 Å². The lowest BCUT2D eigenvalue weighted by Crippen LogP contribution is -2.34. The number of tetrazole rings is 1. The van der Waals surface area contributed by atoms with Gasteiger partial charge in [0, 0.05) is 10.6 Å². The first-order chi connectivity index (χ1) is 9.45. The van der Waals surface area contributed by atoms with Gasteiger partial charge >= 0.3 is 0 Å². The molecule has 2 N–H and O–H groups in total. The van der Waals surface area contributed by atoms with Crippen LogP contribution in [0.3, 0.4) is 0 Å². The lowest BCUT2D eigenvalue weighted by molar-refractivity contribution is 0.0977. The van der Waals surface area contributed by atoms with Gasteiger partial charge in [-0.05, 0) is 42.1 Å². The molecule has 1 aromatic heterocycles. The molecule has 7 nitrogen and oxygen atoms in total. The number of nitrogens with zero attached hydrogens (tertiary/aromatic N) is 4. The van der Waals surface area contributed by atoms with Gasteiger partial charge < -0.3 is 0 Å². The number of rotatable bonds is 2. The first-order valence-corrected chi connectivity index (χ1v) is 6.37. The summed E-state index contributed by atoms with van der Waals surface area (Å²) in [5.74, 6) is -0.159. The molecule has 20 heavy (non-hydrogen) atoms. The van der Waals surface area contributed by atoms with Gasteiger partial charge in [-0.3, -0.25) is 15.4 Å². The number of hydrogen-bond donors (Lipinski definition) is 2. The van der Waals surface area contributed by atoms with Crippen LogP contribution < -0.4 is 10.6 Å². The molecule has 0 aliphatic carbocycles. The van der Waals surface area contributed by atoms with E-state index < -0.39 is 0 Å². The third-order valence-electron chi connectivity index (χ3n) is 2.39. The van der Waals surface area contributed by atoms with E-state index in [1.165, 1.54) is 4.80 Å². The van der Waals surface area contributed by atoms with Gasteiger partial charge in [0.2, 0.25) is 0 Å². The molecule has 1 heterocycles. The molecule has 1 amide bonds. The zero-order valence-corrected chi connectivity index (χ0v) is 12.3. The molecule has 0 saturated carbocycles. The number of hydrogen-bond acceptors (Lipinski definition) is 5. The number of aromatic nitrogens is 4. The maximum atomic E-state index is 12.0. The number of amides is 1. The van der Waals surface area contributed by atoms with Crippen LogP contribution in [0.2, 0.25) is 5.02 Å². The second-order valence-electron chi connectivity index (χ2n) is 3.97. The van der Waals surface area contributed by atoms with Crippen LogP contribution in [0.25, 0.3) is 0 Å². The van der Waals surface area contributed by atoms with E-state index in [1.54, 1.807) is 25.2 Å². The summed E-state index contributed by atoms with van der Waals surface area (Å²) in [5.41, 5.74) is 1.31. The topological polar surface area (TPSA) is 84.7 Å². The van der Waals surface area contributed by atoms with Crippen molar-refractivity contribution in [2.75, 3.05) is 5.32 Å². The van der Waals surface area contributed by atoms with Gasteiger partial charge in [-0.1, -0.05) is 22.8 Å². The highest BCUT2D eigenvalue weighted by Crippen LogP contribution is 2.16. The molecule has 2 aromatic rings. The van der Waals surface area contributed by atoms with Gasteiger partial charge in [0.05, 0.1) is 7.05 Å². The van der Waals surface area contributed by atoms with Crippen LogP contribution in [0.5, 0.6) is 0 Å². The number of carbonyl (C=O) groups is 1. The molecule has 0 spiro atoms. The highest BCUT2D eigenvalue weighted by Gasteiger charge is 2.10. The van der Waals surface area contributed by atoms with Crippen molar-refractivity contribution >= 4 is 40.8 Å². The Morgan fingerprint density at radius 3 is 2.80 bits per heavy atom. The van der Waals surface area contributed by atoms with Gasteiger partial charge in [-0.15, -0.1) is 5.10 Å². The van der Waals surface area contributed by atoms with E-state index in [4.69, 9.17) is 23.8 Å². The summed E-state index contributed by atoms with van der Waals surface area (Å²) in [6.45, 7) is 1.86. The Labute approximate surface area is 125 Å². The van der Waals surface area contributed by atoms with Crippen molar-refractivity contribution in [1.29, 1.82) is 0 Å². The summed E-state index contributed by atoms with van der Waals surface area (Å²) in [6.07, 6.45) is 0. The molecular weight excluding hydrogens is 300 g/mol. The second kappa shape index (κ2) is 5.93. The number of thiocarbonyl (C=S) groups is 1. The predicted octanol–water partition coefficient (Wildman–Crippen LogP) is 1.30. The van der Waals surface area contributed by atoms with Gasteiger partial charge in [-0.2, -0.15) is 4.80 Å². The van der Waals surface area contributed by atoms with Gasteiger partial charge in [0.1, 0.15) is 0 Å². The number of anilines is 1. The molecule has 0 aliphatic rings. The van der Waals surface area contributed by atoms with Crippen LogP contribution in [0.15, 0.2) is 18.2 Å². The minimum absolute atomic E-state index is 0.0831. The van der Waals surface area contributed by atoms with Gasteiger partial charge in [-0.25, -0.2) is 0 Å².